The fourth-order valence-corrected chi connectivity index (χ4v) is 0.929. The molecule has 0 bridgehead atoms. The van der Waals surface area contributed by atoms with Crippen LogP contribution in [0.2, 0.25) is 5.02 Å². The molecular formula is C8H12ClN3O3. The molecule has 84 valence electrons. The van der Waals surface area contributed by atoms with E-state index < -0.39 is 4.92 Å². The van der Waals surface area contributed by atoms with Gasteiger partial charge in [0.25, 0.3) is 5.69 Å². The molecule has 5 N–H and O–H groups in total. The molecule has 0 aliphatic rings. The van der Waals surface area contributed by atoms with Crippen molar-refractivity contribution in [3.63, 3.8) is 0 Å². The van der Waals surface area contributed by atoms with Crippen molar-refractivity contribution < 1.29 is 10.0 Å². The minimum atomic E-state index is -0.554. The first-order valence-electron chi connectivity index (χ1n) is 4.03. The minimum Gasteiger partial charge on any atom is -0.399 e. The number of nitro benzene ring substituents is 1. The van der Waals surface area contributed by atoms with Crippen molar-refractivity contribution in [1.29, 1.82) is 0 Å². The van der Waals surface area contributed by atoms with Gasteiger partial charge in [-0.2, -0.15) is 0 Å². The third-order valence-corrected chi connectivity index (χ3v) is 1.60. The van der Waals surface area contributed by atoms with Crippen molar-refractivity contribution >= 4 is 23.0 Å². The van der Waals surface area contributed by atoms with E-state index >= 15 is 0 Å². The standard InChI is InChI=1S/C6H5ClN2O2.C2H7NO/c7-5-3-4(8)1-2-6(5)9(10)11;3-1-2-4/h1-3H,8H2;4H,1-3H2. The van der Waals surface area contributed by atoms with Crippen molar-refractivity contribution in [2.24, 2.45) is 5.73 Å². The molecule has 1 aromatic rings. The number of nitro groups is 1. The van der Waals surface area contributed by atoms with Gasteiger partial charge in [-0.3, -0.25) is 10.1 Å². The minimum absolute atomic E-state index is 0.0648. The molecule has 0 aliphatic heterocycles. The van der Waals surface area contributed by atoms with Gasteiger partial charge in [0.2, 0.25) is 0 Å². The van der Waals surface area contributed by atoms with Crippen molar-refractivity contribution in [2.45, 2.75) is 0 Å². The summed E-state index contributed by atoms with van der Waals surface area (Å²) in [4.78, 5) is 9.66. The van der Waals surface area contributed by atoms with Gasteiger partial charge < -0.3 is 16.6 Å². The van der Waals surface area contributed by atoms with E-state index in [2.05, 4.69) is 0 Å². The number of nitrogens with zero attached hydrogens (tertiary/aromatic N) is 1. The number of anilines is 1. The number of nitrogen functional groups attached to an aromatic ring is 1. The van der Waals surface area contributed by atoms with Crippen LogP contribution in [0.15, 0.2) is 18.2 Å². The average molecular weight is 234 g/mol. The van der Waals surface area contributed by atoms with Gasteiger partial charge in [-0.15, -0.1) is 0 Å². The van der Waals surface area contributed by atoms with Gasteiger partial charge in [-0.25, -0.2) is 0 Å². The SMILES string of the molecule is NCCO.Nc1ccc([N+](=O)[O-])c(Cl)c1. The second-order valence-electron chi connectivity index (χ2n) is 2.48. The molecular weight excluding hydrogens is 222 g/mol. The highest BCUT2D eigenvalue weighted by atomic mass is 35.5. The van der Waals surface area contributed by atoms with Crippen LogP contribution in [0, 0.1) is 10.1 Å². The van der Waals surface area contributed by atoms with Crippen LogP contribution in [0.3, 0.4) is 0 Å². The van der Waals surface area contributed by atoms with E-state index in [-0.39, 0.29) is 17.3 Å². The summed E-state index contributed by atoms with van der Waals surface area (Å²) in [7, 11) is 0. The predicted molar refractivity (Wildman–Crippen MR) is 58.7 cm³/mol. The van der Waals surface area contributed by atoms with E-state index in [0.717, 1.165) is 0 Å². The number of hydrogen-bond donors (Lipinski definition) is 3. The molecule has 0 radical (unpaired) electrons. The molecule has 0 spiro atoms. The largest absolute Gasteiger partial charge is 0.399 e. The monoisotopic (exact) mass is 233 g/mol. The van der Waals surface area contributed by atoms with Crippen molar-refractivity contribution in [2.75, 3.05) is 18.9 Å². The number of rotatable bonds is 2. The molecule has 0 saturated carbocycles. The predicted octanol–water partition coefficient (Wildman–Crippen LogP) is 0.768. The van der Waals surface area contributed by atoms with Crippen LogP contribution in [0.4, 0.5) is 11.4 Å². The lowest BCUT2D eigenvalue weighted by molar-refractivity contribution is -0.384. The van der Waals surface area contributed by atoms with Crippen LogP contribution < -0.4 is 11.5 Å². The van der Waals surface area contributed by atoms with Crippen molar-refractivity contribution in [3.05, 3.63) is 33.3 Å². The first-order chi connectivity index (χ1) is 7.02. The lowest BCUT2D eigenvalue weighted by Crippen LogP contribution is -2.02. The maximum absolute atomic E-state index is 10.2. The first kappa shape index (κ1) is 13.6. The number of hydrogen-bond acceptors (Lipinski definition) is 5. The number of halogens is 1. The highest BCUT2D eigenvalue weighted by Crippen LogP contribution is 2.25. The van der Waals surface area contributed by atoms with Gasteiger partial charge in [0.15, 0.2) is 0 Å². The zero-order chi connectivity index (χ0) is 11.8. The van der Waals surface area contributed by atoms with E-state index in [4.69, 9.17) is 28.2 Å². The molecule has 1 aromatic carbocycles. The van der Waals surface area contributed by atoms with Crippen LogP contribution >= 0.6 is 11.6 Å². The molecule has 15 heavy (non-hydrogen) atoms. The second kappa shape index (κ2) is 6.99. The maximum Gasteiger partial charge on any atom is 0.288 e. The van der Waals surface area contributed by atoms with Crippen LogP contribution in [-0.2, 0) is 0 Å². The Morgan fingerprint density at radius 3 is 2.40 bits per heavy atom. The zero-order valence-electron chi connectivity index (χ0n) is 7.89. The third kappa shape index (κ3) is 5.16. The van der Waals surface area contributed by atoms with Crippen LogP contribution in [0.25, 0.3) is 0 Å². The summed E-state index contributed by atoms with van der Waals surface area (Å²) in [5.41, 5.74) is 10.4. The van der Waals surface area contributed by atoms with Gasteiger partial charge >= 0.3 is 0 Å². The molecule has 0 unspecified atom stereocenters. The Hall–Kier alpha value is -1.37. The summed E-state index contributed by atoms with van der Waals surface area (Å²) < 4.78 is 0. The van der Waals surface area contributed by atoms with Crippen LogP contribution in [0.1, 0.15) is 0 Å². The van der Waals surface area contributed by atoms with Gasteiger partial charge in [0, 0.05) is 18.3 Å². The fraction of sp³-hybridized carbons (Fsp3) is 0.250. The normalized spacial score (nSPS) is 9.00. The highest BCUT2D eigenvalue weighted by Gasteiger charge is 2.10. The number of benzene rings is 1. The Morgan fingerprint density at radius 1 is 1.53 bits per heavy atom. The quantitative estimate of drug-likeness (QED) is 0.396. The van der Waals surface area contributed by atoms with Crippen molar-refractivity contribution in [1.82, 2.24) is 0 Å². The maximum atomic E-state index is 10.2. The van der Waals surface area contributed by atoms with E-state index in [1.807, 2.05) is 0 Å². The van der Waals surface area contributed by atoms with Gasteiger partial charge in [-0.1, -0.05) is 11.6 Å². The Balaban J connectivity index is 0.000000423. The van der Waals surface area contributed by atoms with E-state index in [0.29, 0.717) is 12.2 Å². The summed E-state index contributed by atoms with van der Waals surface area (Å²) in [5, 5.41) is 18.0. The summed E-state index contributed by atoms with van der Waals surface area (Å²) in [5.74, 6) is 0. The highest BCUT2D eigenvalue weighted by molar-refractivity contribution is 6.32. The summed E-state index contributed by atoms with van der Waals surface area (Å²) in [6.45, 7) is 0.472. The molecule has 0 atom stereocenters. The lowest BCUT2D eigenvalue weighted by Gasteiger charge is -1.94. The zero-order valence-corrected chi connectivity index (χ0v) is 8.65. The number of aliphatic hydroxyl groups excluding tert-OH is 1. The van der Waals surface area contributed by atoms with Gasteiger partial charge in [0.05, 0.1) is 11.5 Å². The molecule has 0 fully saturated rings. The summed E-state index contributed by atoms with van der Waals surface area (Å²) in [6, 6.07) is 4.06. The van der Waals surface area contributed by atoms with Gasteiger partial charge in [-0.05, 0) is 12.1 Å². The fourth-order valence-electron chi connectivity index (χ4n) is 0.671. The smallest absolute Gasteiger partial charge is 0.288 e. The molecule has 0 heterocycles. The molecule has 1 rings (SSSR count). The average Bonchev–Trinajstić information content (AvgIpc) is 2.17. The number of aliphatic hydroxyl groups is 1. The topological polar surface area (TPSA) is 115 Å². The van der Waals surface area contributed by atoms with Crippen LogP contribution in [0.5, 0.6) is 0 Å². The molecule has 0 amide bonds. The Bertz CT molecular complexity index is 331. The number of nitrogens with two attached hydrogens (primary N) is 2. The molecule has 6 nitrogen and oxygen atoms in total. The van der Waals surface area contributed by atoms with E-state index in [1.54, 1.807) is 0 Å². The lowest BCUT2D eigenvalue weighted by atomic mass is 10.3. The van der Waals surface area contributed by atoms with E-state index in [9.17, 15) is 10.1 Å². The van der Waals surface area contributed by atoms with Crippen molar-refractivity contribution in [3.8, 4) is 0 Å². The Morgan fingerprint density at radius 2 is 2.07 bits per heavy atom. The Labute approximate surface area is 91.6 Å². The first-order valence-corrected chi connectivity index (χ1v) is 4.41. The molecule has 0 aliphatic carbocycles. The summed E-state index contributed by atoms with van der Waals surface area (Å²) >= 11 is 5.50. The van der Waals surface area contributed by atoms with Gasteiger partial charge in [0.1, 0.15) is 5.02 Å². The third-order valence-electron chi connectivity index (χ3n) is 1.30. The summed E-state index contributed by atoms with van der Waals surface area (Å²) in [6.07, 6.45) is 0. The molecule has 0 aromatic heterocycles. The Kier molecular flexibility index (Phi) is 6.35. The van der Waals surface area contributed by atoms with E-state index in [1.165, 1.54) is 18.2 Å². The second-order valence-corrected chi connectivity index (χ2v) is 2.89. The molecule has 7 heteroatoms. The molecule has 0 saturated heterocycles. The van der Waals surface area contributed by atoms with Crippen LogP contribution in [-0.4, -0.2) is 23.2 Å².